The Labute approximate surface area is 68.3 Å². The molecule has 3 nitrogen and oxygen atoms in total. The van der Waals surface area contributed by atoms with Crippen LogP contribution in [0.4, 0.5) is 0 Å². The normalized spacial score (nSPS) is 31.1. The minimum atomic E-state index is 0.196. The van der Waals surface area contributed by atoms with E-state index in [2.05, 4.69) is 12.2 Å². The summed E-state index contributed by atoms with van der Waals surface area (Å²) >= 11 is 0. The molecule has 2 unspecified atom stereocenters. The number of unbranched alkanes of at least 4 members (excludes halogenated alkanes) is 2. The molecule has 0 bridgehead atoms. The Balaban J connectivity index is 2.05. The van der Waals surface area contributed by atoms with E-state index in [1.165, 1.54) is 19.3 Å². The predicted octanol–water partition coefficient (Wildman–Crippen LogP) is -0.121. The highest BCUT2D eigenvalue weighted by Crippen LogP contribution is 2.00. The fraction of sp³-hybridized carbons (Fsp3) is 1.00. The summed E-state index contributed by atoms with van der Waals surface area (Å²) < 4.78 is 0. The molecule has 0 aliphatic carbocycles. The van der Waals surface area contributed by atoms with Crippen LogP contribution in [0.25, 0.3) is 0 Å². The van der Waals surface area contributed by atoms with Crippen molar-refractivity contribution in [2.45, 2.75) is 38.8 Å². The van der Waals surface area contributed by atoms with Crippen LogP contribution in [0.3, 0.4) is 0 Å². The van der Waals surface area contributed by atoms with Crippen molar-refractivity contribution in [3.05, 3.63) is 5.21 Å². The zero-order chi connectivity index (χ0) is 8.10. The monoisotopic (exact) mass is 158 g/mol. The summed E-state index contributed by atoms with van der Waals surface area (Å²) in [6, 6.07) is 0. The summed E-state index contributed by atoms with van der Waals surface area (Å²) in [5.41, 5.74) is 0. The van der Waals surface area contributed by atoms with E-state index in [1.54, 1.807) is 0 Å². The number of hydroxylamine groups is 2. The molecule has 0 aromatic rings. The fourth-order valence-electron chi connectivity index (χ4n) is 1.52. The van der Waals surface area contributed by atoms with Crippen LogP contribution < -0.4 is 10.4 Å². The summed E-state index contributed by atoms with van der Waals surface area (Å²) in [6.07, 6.45) is 4.93. The van der Waals surface area contributed by atoms with Crippen LogP contribution in [0.15, 0.2) is 0 Å². The van der Waals surface area contributed by atoms with E-state index < -0.39 is 0 Å². The van der Waals surface area contributed by atoms with Gasteiger partial charge in [0.2, 0.25) is 0 Å². The standard InChI is InChI=1S/C8H18N2O/c1-2-3-4-5-8-9-6-7-10(8)11/h8-10H,2-7H2,1H3. The van der Waals surface area contributed by atoms with Crippen LogP contribution in [0, 0.1) is 5.21 Å². The average Bonchev–Trinajstić information content (AvgIpc) is 2.37. The highest BCUT2D eigenvalue weighted by Gasteiger charge is 2.19. The van der Waals surface area contributed by atoms with E-state index in [9.17, 15) is 5.21 Å². The molecule has 0 saturated carbocycles. The molecule has 2 N–H and O–H groups in total. The van der Waals surface area contributed by atoms with E-state index in [4.69, 9.17) is 0 Å². The molecule has 2 atom stereocenters. The van der Waals surface area contributed by atoms with Gasteiger partial charge in [-0.05, 0) is 6.42 Å². The molecule has 0 spiro atoms. The second-order valence-corrected chi connectivity index (χ2v) is 3.22. The molecule has 1 heterocycles. The lowest BCUT2D eigenvalue weighted by atomic mass is 10.2. The van der Waals surface area contributed by atoms with Crippen molar-refractivity contribution in [2.75, 3.05) is 13.1 Å². The van der Waals surface area contributed by atoms with Crippen molar-refractivity contribution < 1.29 is 5.06 Å². The molecule has 0 aromatic carbocycles. The summed E-state index contributed by atoms with van der Waals surface area (Å²) in [6.45, 7) is 3.83. The molecule has 1 fully saturated rings. The van der Waals surface area contributed by atoms with Crippen molar-refractivity contribution in [3.8, 4) is 0 Å². The summed E-state index contributed by atoms with van der Waals surface area (Å²) in [4.78, 5) is 0. The smallest absolute Gasteiger partial charge is 0.141 e. The molecule has 1 saturated heterocycles. The van der Waals surface area contributed by atoms with E-state index >= 15 is 0 Å². The highest BCUT2D eigenvalue weighted by molar-refractivity contribution is 4.60. The van der Waals surface area contributed by atoms with Crippen LogP contribution in [0.1, 0.15) is 32.6 Å². The topological polar surface area (TPSA) is 39.5 Å². The lowest BCUT2D eigenvalue weighted by molar-refractivity contribution is -0.862. The van der Waals surface area contributed by atoms with Gasteiger partial charge in [-0.1, -0.05) is 19.8 Å². The lowest BCUT2D eigenvalue weighted by Gasteiger charge is -2.23. The molecular formula is C8H18N2O. The number of hydrogen-bond donors (Lipinski definition) is 2. The summed E-state index contributed by atoms with van der Waals surface area (Å²) in [5, 5.41) is 14.7. The molecule has 0 aromatic heterocycles. The maximum absolute atomic E-state index is 11.1. The average molecular weight is 158 g/mol. The molecule has 11 heavy (non-hydrogen) atoms. The van der Waals surface area contributed by atoms with E-state index in [0.717, 1.165) is 19.5 Å². The van der Waals surface area contributed by atoms with Gasteiger partial charge in [0, 0.05) is 6.42 Å². The van der Waals surface area contributed by atoms with Crippen molar-refractivity contribution in [2.24, 2.45) is 0 Å². The zero-order valence-electron chi connectivity index (χ0n) is 7.23. The van der Waals surface area contributed by atoms with Crippen molar-refractivity contribution in [1.29, 1.82) is 0 Å². The maximum Gasteiger partial charge on any atom is 0.141 e. The predicted molar refractivity (Wildman–Crippen MR) is 45.1 cm³/mol. The van der Waals surface area contributed by atoms with Gasteiger partial charge in [0.25, 0.3) is 0 Å². The Bertz CT molecular complexity index is 108. The minimum absolute atomic E-state index is 0.196. The molecule has 3 heteroatoms. The fourth-order valence-corrected chi connectivity index (χ4v) is 1.52. The molecule has 0 radical (unpaired) electrons. The lowest BCUT2D eigenvalue weighted by Crippen LogP contribution is -3.10. The number of nitrogens with one attached hydrogen (secondary N) is 2. The Morgan fingerprint density at radius 1 is 1.55 bits per heavy atom. The van der Waals surface area contributed by atoms with Gasteiger partial charge >= 0.3 is 0 Å². The van der Waals surface area contributed by atoms with Crippen LogP contribution in [-0.2, 0) is 0 Å². The molecule has 66 valence electrons. The Morgan fingerprint density at radius 3 is 2.91 bits per heavy atom. The second kappa shape index (κ2) is 4.70. The first-order valence-corrected chi connectivity index (χ1v) is 4.60. The van der Waals surface area contributed by atoms with E-state index in [0.29, 0.717) is 5.06 Å². The van der Waals surface area contributed by atoms with Gasteiger partial charge in [-0.15, -0.1) is 0 Å². The third kappa shape index (κ3) is 2.77. The Kier molecular flexibility index (Phi) is 3.83. The molecule has 1 aliphatic heterocycles. The van der Waals surface area contributed by atoms with Crippen LogP contribution in [0.2, 0.25) is 0 Å². The van der Waals surface area contributed by atoms with Crippen LogP contribution in [0.5, 0.6) is 0 Å². The van der Waals surface area contributed by atoms with Gasteiger partial charge in [0.15, 0.2) is 0 Å². The molecular weight excluding hydrogens is 140 g/mol. The minimum Gasteiger partial charge on any atom is -0.633 e. The van der Waals surface area contributed by atoms with Gasteiger partial charge in [0.1, 0.15) is 6.17 Å². The van der Waals surface area contributed by atoms with Gasteiger partial charge in [-0.3, -0.25) is 5.32 Å². The van der Waals surface area contributed by atoms with E-state index in [1.807, 2.05) is 0 Å². The summed E-state index contributed by atoms with van der Waals surface area (Å²) in [7, 11) is 0. The summed E-state index contributed by atoms with van der Waals surface area (Å²) in [5.74, 6) is 0. The van der Waals surface area contributed by atoms with Gasteiger partial charge in [-0.2, -0.15) is 0 Å². The molecule has 1 aliphatic rings. The van der Waals surface area contributed by atoms with E-state index in [-0.39, 0.29) is 6.17 Å². The quantitative estimate of drug-likeness (QED) is 0.442. The largest absolute Gasteiger partial charge is 0.633 e. The van der Waals surface area contributed by atoms with Crippen LogP contribution >= 0.6 is 0 Å². The Hall–Kier alpha value is -0.120. The van der Waals surface area contributed by atoms with Crippen molar-refractivity contribution in [3.63, 3.8) is 0 Å². The third-order valence-corrected chi connectivity index (χ3v) is 2.25. The second-order valence-electron chi connectivity index (χ2n) is 3.22. The zero-order valence-corrected chi connectivity index (χ0v) is 7.23. The van der Waals surface area contributed by atoms with Crippen molar-refractivity contribution >= 4 is 0 Å². The van der Waals surface area contributed by atoms with Gasteiger partial charge in [0.05, 0.1) is 13.1 Å². The highest BCUT2D eigenvalue weighted by atomic mass is 16.5. The number of hydrogen-bond acceptors (Lipinski definition) is 2. The third-order valence-electron chi connectivity index (χ3n) is 2.25. The Morgan fingerprint density at radius 2 is 2.36 bits per heavy atom. The first-order valence-electron chi connectivity index (χ1n) is 4.60. The molecule has 1 rings (SSSR count). The SMILES string of the molecule is CCCCCC1NCC[NH+]1[O-]. The van der Waals surface area contributed by atoms with Gasteiger partial charge < -0.3 is 10.3 Å². The maximum atomic E-state index is 11.1. The number of quaternary nitrogens is 1. The van der Waals surface area contributed by atoms with Crippen LogP contribution in [-0.4, -0.2) is 19.3 Å². The first kappa shape index (κ1) is 8.97. The van der Waals surface area contributed by atoms with Crippen molar-refractivity contribution in [1.82, 2.24) is 5.32 Å². The number of rotatable bonds is 4. The molecule has 0 amide bonds. The van der Waals surface area contributed by atoms with Gasteiger partial charge in [-0.25, -0.2) is 0 Å². The first-order chi connectivity index (χ1) is 5.34.